The molecule has 1 amide bonds. The molecule has 1 aliphatic heterocycles. The second-order valence-corrected chi connectivity index (χ2v) is 5.70. The van der Waals surface area contributed by atoms with E-state index >= 15 is 0 Å². The van der Waals surface area contributed by atoms with Gasteiger partial charge in [-0.2, -0.15) is 4.36 Å². The zero-order valence-electron chi connectivity index (χ0n) is 8.32. The number of ether oxygens (including phenoxy) is 1. The van der Waals surface area contributed by atoms with Crippen LogP contribution < -0.4 is 5.32 Å². The number of nitrogens with zero attached hydrogens (tertiary/aromatic N) is 1. The van der Waals surface area contributed by atoms with Gasteiger partial charge in [-0.05, 0) is 0 Å². The minimum atomic E-state index is -2.26. The third kappa shape index (κ3) is 3.73. The van der Waals surface area contributed by atoms with E-state index in [2.05, 4.69) is 9.68 Å². The second kappa shape index (κ2) is 5.43. The van der Waals surface area contributed by atoms with Crippen LogP contribution in [0.1, 0.15) is 6.42 Å². The molecule has 0 saturated carbocycles. The monoisotopic (exact) mass is 220 g/mol. The number of nitrogens with one attached hydrogen (secondary N) is 1. The molecule has 0 aromatic heterocycles. The van der Waals surface area contributed by atoms with Gasteiger partial charge < -0.3 is 10.1 Å². The number of hydrogen-bond acceptors (Lipinski definition) is 4. The molecule has 5 nitrogen and oxygen atoms in total. The molecule has 1 rings (SSSR count). The summed E-state index contributed by atoms with van der Waals surface area (Å²) in [6.45, 7) is 1.70. The van der Waals surface area contributed by atoms with Crippen molar-refractivity contribution in [2.24, 2.45) is 4.36 Å². The summed E-state index contributed by atoms with van der Waals surface area (Å²) in [6.07, 6.45) is 0.223. The molecule has 0 radical (unpaired) electrons. The lowest BCUT2D eigenvalue weighted by Gasteiger charge is -2.15. The highest BCUT2D eigenvalue weighted by atomic mass is 32.2. The van der Waals surface area contributed by atoms with Gasteiger partial charge in [-0.15, -0.1) is 0 Å². The lowest BCUT2D eigenvalue weighted by atomic mass is 10.4. The Hall–Kier alpha value is -0.460. The first-order valence-corrected chi connectivity index (χ1v) is 6.47. The van der Waals surface area contributed by atoms with E-state index < -0.39 is 9.73 Å². The van der Waals surface area contributed by atoms with Gasteiger partial charge in [0.05, 0.1) is 22.8 Å². The van der Waals surface area contributed by atoms with Gasteiger partial charge in [-0.3, -0.25) is 4.79 Å². The number of carbonyl (C=O) groups excluding carboxylic acids is 1. The first-order valence-electron chi connectivity index (χ1n) is 4.61. The maximum Gasteiger partial charge on any atom is 0.256 e. The normalized spacial score (nSPS) is 20.4. The molecule has 0 atom stereocenters. The topological polar surface area (TPSA) is 67.8 Å². The van der Waals surface area contributed by atoms with Gasteiger partial charge in [0.25, 0.3) is 5.91 Å². The van der Waals surface area contributed by atoms with Gasteiger partial charge in [-0.1, -0.05) is 0 Å². The minimum absolute atomic E-state index is 0.223. The fourth-order valence-corrected chi connectivity index (χ4v) is 2.98. The van der Waals surface area contributed by atoms with Crippen molar-refractivity contribution in [2.75, 3.05) is 38.3 Å². The Morgan fingerprint density at radius 3 is 2.71 bits per heavy atom. The molecule has 0 aliphatic carbocycles. The lowest BCUT2D eigenvalue weighted by molar-refractivity contribution is -0.118. The summed E-state index contributed by atoms with van der Waals surface area (Å²) in [7, 11) is -0.737. The van der Waals surface area contributed by atoms with Crippen molar-refractivity contribution in [3.63, 3.8) is 0 Å². The van der Waals surface area contributed by atoms with Gasteiger partial charge in [0.15, 0.2) is 0 Å². The van der Waals surface area contributed by atoms with Crippen molar-refractivity contribution in [3.05, 3.63) is 0 Å². The molecule has 0 unspecified atom stereocenters. The Bertz CT molecular complexity index is 296. The molecule has 1 fully saturated rings. The highest BCUT2D eigenvalue weighted by Gasteiger charge is 2.15. The summed E-state index contributed by atoms with van der Waals surface area (Å²) in [4.78, 5) is 11.2. The number of carbonyl (C=O) groups is 1. The Morgan fingerprint density at radius 1 is 1.50 bits per heavy atom. The summed E-state index contributed by atoms with van der Waals surface area (Å²) in [5.41, 5.74) is 0. The molecule has 0 bridgehead atoms. The Morgan fingerprint density at radius 2 is 2.14 bits per heavy atom. The minimum Gasteiger partial charge on any atom is -0.384 e. The third-order valence-corrected chi connectivity index (χ3v) is 4.20. The lowest BCUT2D eigenvalue weighted by Crippen LogP contribution is -2.36. The first-order chi connectivity index (χ1) is 6.66. The molecule has 6 heteroatoms. The fraction of sp³-hybridized carbons (Fsp3) is 0.875. The van der Waals surface area contributed by atoms with E-state index in [9.17, 15) is 9.00 Å². The molecule has 14 heavy (non-hydrogen) atoms. The second-order valence-electron chi connectivity index (χ2n) is 3.16. The summed E-state index contributed by atoms with van der Waals surface area (Å²) in [5, 5.41) is 3.08. The van der Waals surface area contributed by atoms with Crippen molar-refractivity contribution in [3.8, 4) is 0 Å². The van der Waals surface area contributed by atoms with Crippen LogP contribution in [0.3, 0.4) is 0 Å². The molecular formula is C8H16N2O3S. The van der Waals surface area contributed by atoms with Crippen molar-refractivity contribution < 1.29 is 13.7 Å². The summed E-state index contributed by atoms with van der Waals surface area (Å²) >= 11 is 0. The SMILES string of the molecule is COCCC(=O)N=S1(=O)CCNCC1. The highest BCUT2D eigenvalue weighted by molar-refractivity contribution is 7.94. The number of amides is 1. The standard InChI is InChI=1S/C8H16N2O3S/c1-13-5-2-8(11)10-14(12)6-3-9-4-7-14/h9H,2-7H2,1H3. The van der Waals surface area contributed by atoms with Crippen molar-refractivity contribution in [2.45, 2.75) is 6.42 Å². The van der Waals surface area contributed by atoms with E-state index in [1.807, 2.05) is 0 Å². The van der Waals surface area contributed by atoms with E-state index in [0.717, 1.165) is 0 Å². The molecule has 1 aliphatic rings. The third-order valence-electron chi connectivity index (χ3n) is 1.98. The maximum absolute atomic E-state index is 11.9. The van der Waals surface area contributed by atoms with Gasteiger partial charge in [-0.25, -0.2) is 4.21 Å². The summed E-state index contributed by atoms with van der Waals surface area (Å²) < 4.78 is 20.4. The van der Waals surface area contributed by atoms with Crippen LogP contribution in [0.5, 0.6) is 0 Å². The van der Waals surface area contributed by atoms with E-state index in [1.54, 1.807) is 0 Å². The Kier molecular flexibility index (Phi) is 4.50. The van der Waals surface area contributed by atoms with E-state index in [1.165, 1.54) is 7.11 Å². The van der Waals surface area contributed by atoms with Crippen molar-refractivity contribution in [1.82, 2.24) is 5.32 Å². The van der Waals surface area contributed by atoms with Crippen molar-refractivity contribution in [1.29, 1.82) is 0 Å². The molecular weight excluding hydrogens is 204 g/mol. The quantitative estimate of drug-likeness (QED) is 0.704. The van der Waals surface area contributed by atoms with Crippen molar-refractivity contribution >= 4 is 15.6 Å². The Balaban J connectivity index is 2.56. The van der Waals surface area contributed by atoms with Crippen LogP contribution in [0, 0.1) is 0 Å². The average Bonchev–Trinajstić information content (AvgIpc) is 2.15. The van der Waals surface area contributed by atoms with Crippen LogP contribution >= 0.6 is 0 Å². The molecule has 0 aromatic carbocycles. The molecule has 0 aromatic rings. The van der Waals surface area contributed by atoms with Crippen LogP contribution in [0.15, 0.2) is 4.36 Å². The molecule has 1 heterocycles. The maximum atomic E-state index is 11.9. The van der Waals surface area contributed by atoms with Crippen LogP contribution in [-0.2, 0) is 19.3 Å². The largest absolute Gasteiger partial charge is 0.384 e. The summed E-state index contributed by atoms with van der Waals surface area (Å²) in [5.74, 6) is 0.649. The zero-order valence-corrected chi connectivity index (χ0v) is 9.14. The van der Waals surface area contributed by atoms with Crippen LogP contribution in [0.4, 0.5) is 0 Å². The van der Waals surface area contributed by atoms with Crippen LogP contribution in [-0.4, -0.2) is 48.4 Å². The highest BCUT2D eigenvalue weighted by Crippen LogP contribution is 2.01. The fourth-order valence-electron chi connectivity index (χ4n) is 1.20. The molecule has 1 N–H and O–H groups in total. The van der Waals surface area contributed by atoms with Gasteiger partial charge >= 0.3 is 0 Å². The van der Waals surface area contributed by atoms with Gasteiger partial charge in [0.1, 0.15) is 0 Å². The smallest absolute Gasteiger partial charge is 0.256 e. The Labute approximate surface area is 84.4 Å². The van der Waals surface area contributed by atoms with Gasteiger partial charge in [0, 0.05) is 31.7 Å². The zero-order chi connectivity index (χ0) is 10.4. The predicted molar refractivity (Wildman–Crippen MR) is 54.7 cm³/mol. The summed E-state index contributed by atoms with van der Waals surface area (Å²) in [6, 6.07) is 0. The van der Waals surface area contributed by atoms with Crippen LogP contribution in [0.2, 0.25) is 0 Å². The van der Waals surface area contributed by atoms with Gasteiger partial charge in [0.2, 0.25) is 0 Å². The number of methoxy groups -OCH3 is 1. The van der Waals surface area contributed by atoms with E-state index in [4.69, 9.17) is 4.74 Å². The van der Waals surface area contributed by atoms with Crippen LogP contribution in [0.25, 0.3) is 0 Å². The number of rotatable bonds is 3. The predicted octanol–water partition coefficient (Wildman–Crippen LogP) is -0.379. The average molecular weight is 220 g/mol. The van der Waals surface area contributed by atoms with E-state index in [0.29, 0.717) is 31.2 Å². The molecule has 1 saturated heterocycles. The van der Waals surface area contributed by atoms with E-state index in [-0.39, 0.29) is 12.3 Å². The molecule has 0 spiro atoms. The number of hydrogen-bond donors (Lipinski definition) is 1. The molecule has 82 valence electrons. The first kappa shape index (κ1) is 11.6.